The van der Waals surface area contributed by atoms with Gasteiger partial charge in [-0.05, 0) is 43.6 Å². The van der Waals surface area contributed by atoms with E-state index in [0.717, 1.165) is 32.2 Å². The fourth-order valence-corrected chi connectivity index (χ4v) is 4.53. The summed E-state index contributed by atoms with van der Waals surface area (Å²) in [5.74, 6) is -0.132. The van der Waals surface area contributed by atoms with Gasteiger partial charge in [0.15, 0.2) is 0 Å². The van der Waals surface area contributed by atoms with E-state index < -0.39 is 11.5 Å². The number of carbonyl (C=O) groups excluding carboxylic acids is 2. The summed E-state index contributed by atoms with van der Waals surface area (Å²) < 4.78 is 2.84. The van der Waals surface area contributed by atoms with Gasteiger partial charge in [-0.1, -0.05) is 18.4 Å². The predicted octanol–water partition coefficient (Wildman–Crippen LogP) is 0.803. The molecule has 3 N–H and O–H groups in total. The van der Waals surface area contributed by atoms with Gasteiger partial charge in [0.05, 0.1) is 18.3 Å². The Kier molecular flexibility index (Phi) is 4.64. The minimum atomic E-state index is -0.614. The number of hydrogen-bond acceptors (Lipinski definition) is 4. The van der Waals surface area contributed by atoms with Crippen LogP contribution in [0.5, 0.6) is 5.88 Å². The molecular formula is C22H28N5O4+. The molecule has 9 heteroatoms. The highest BCUT2D eigenvalue weighted by atomic mass is 16.3. The lowest BCUT2D eigenvalue weighted by molar-refractivity contribution is -0.686. The van der Waals surface area contributed by atoms with Crippen LogP contribution in [0, 0.1) is 11.8 Å². The van der Waals surface area contributed by atoms with E-state index in [4.69, 9.17) is 0 Å². The van der Waals surface area contributed by atoms with Crippen molar-refractivity contribution >= 4 is 23.5 Å². The van der Waals surface area contributed by atoms with E-state index in [-0.39, 0.29) is 29.3 Å². The molecular weight excluding hydrogens is 398 g/mol. The second-order valence-corrected chi connectivity index (χ2v) is 9.36. The van der Waals surface area contributed by atoms with Crippen molar-refractivity contribution in [2.24, 2.45) is 11.8 Å². The molecule has 9 nitrogen and oxygen atoms in total. The highest BCUT2D eigenvalue weighted by molar-refractivity contribution is 5.96. The van der Waals surface area contributed by atoms with Crippen LogP contribution >= 0.6 is 0 Å². The van der Waals surface area contributed by atoms with Gasteiger partial charge in [-0.15, -0.1) is 0 Å². The SMILES string of the molecule is CC(C)C[n+]1c(O)c(C(=O)NC2CC2)c(=O)n2[nH]cc(/C=C/C(=O)N3CCC4CC43)c21. The number of nitrogens with zero attached hydrogens (tertiary/aromatic N) is 3. The molecule has 2 aromatic rings. The first-order chi connectivity index (χ1) is 14.8. The van der Waals surface area contributed by atoms with Crippen LogP contribution in [0.25, 0.3) is 11.7 Å². The second kappa shape index (κ2) is 7.25. The average molecular weight is 426 g/mol. The Labute approximate surface area is 179 Å². The molecule has 3 heterocycles. The summed E-state index contributed by atoms with van der Waals surface area (Å²) in [4.78, 5) is 40.2. The molecule has 3 aliphatic rings. The summed E-state index contributed by atoms with van der Waals surface area (Å²) >= 11 is 0. The van der Waals surface area contributed by atoms with Crippen LogP contribution in [0.4, 0.5) is 0 Å². The smallest absolute Gasteiger partial charge is 0.378 e. The third-order valence-electron chi connectivity index (χ3n) is 6.37. The molecule has 1 saturated heterocycles. The zero-order valence-corrected chi connectivity index (χ0v) is 17.8. The summed E-state index contributed by atoms with van der Waals surface area (Å²) in [5.41, 5.74) is 0.142. The third kappa shape index (κ3) is 3.51. The zero-order chi connectivity index (χ0) is 21.9. The molecule has 2 atom stereocenters. The van der Waals surface area contributed by atoms with Gasteiger partial charge < -0.3 is 15.3 Å². The van der Waals surface area contributed by atoms with E-state index in [1.54, 1.807) is 16.8 Å². The molecule has 2 aliphatic carbocycles. The number of fused-ring (bicyclic) bond motifs is 2. The maximum absolute atomic E-state index is 13.0. The van der Waals surface area contributed by atoms with Crippen molar-refractivity contribution in [3.63, 3.8) is 0 Å². The van der Waals surface area contributed by atoms with Crippen LogP contribution in [0.1, 0.15) is 55.5 Å². The summed E-state index contributed by atoms with van der Waals surface area (Å²) in [6.45, 7) is 5.17. The van der Waals surface area contributed by atoms with Crippen LogP contribution in [0.3, 0.4) is 0 Å². The van der Waals surface area contributed by atoms with Gasteiger partial charge in [-0.3, -0.25) is 9.59 Å². The van der Waals surface area contributed by atoms with E-state index in [0.29, 0.717) is 29.7 Å². The fraction of sp³-hybridized carbons (Fsp3) is 0.545. The number of likely N-dealkylation sites (tertiary alicyclic amines) is 1. The highest BCUT2D eigenvalue weighted by Crippen LogP contribution is 2.44. The molecule has 0 aromatic carbocycles. The van der Waals surface area contributed by atoms with Gasteiger partial charge in [0.2, 0.25) is 11.5 Å². The molecule has 2 unspecified atom stereocenters. The predicted molar refractivity (Wildman–Crippen MR) is 112 cm³/mol. The lowest BCUT2D eigenvalue weighted by Gasteiger charge is -2.15. The highest BCUT2D eigenvalue weighted by Gasteiger charge is 2.48. The van der Waals surface area contributed by atoms with E-state index in [1.807, 2.05) is 18.7 Å². The normalized spacial score (nSPS) is 22.5. The molecule has 31 heavy (non-hydrogen) atoms. The van der Waals surface area contributed by atoms with Crippen molar-refractivity contribution in [1.29, 1.82) is 0 Å². The molecule has 5 rings (SSSR count). The average Bonchev–Trinajstić information content (AvgIpc) is 3.61. The van der Waals surface area contributed by atoms with Crippen LogP contribution in [0.15, 0.2) is 17.1 Å². The van der Waals surface area contributed by atoms with Crippen LogP contribution in [-0.4, -0.2) is 50.1 Å². The number of hydrogen-bond donors (Lipinski definition) is 3. The Hall–Kier alpha value is -3.10. The molecule has 3 fully saturated rings. The number of carbonyl (C=O) groups is 2. The number of H-pyrrole nitrogens is 1. The lowest BCUT2D eigenvalue weighted by atomic mass is 10.2. The Balaban J connectivity index is 1.55. The first-order valence-corrected chi connectivity index (χ1v) is 11.0. The molecule has 2 aromatic heterocycles. The van der Waals surface area contributed by atoms with Gasteiger partial charge in [0.25, 0.3) is 5.91 Å². The first kappa shape index (κ1) is 19.8. The van der Waals surface area contributed by atoms with Crippen molar-refractivity contribution in [1.82, 2.24) is 19.8 Å². The van der Waals surface area contributed by atoms with Gasteiger partial charge in [-0.25, -0.2) is 9.89 Å². The second-order valence-electron chi connectivity index (χ2n) is 9.36. The topological polar surface area (TPSA) is 111 Å². The number of amides is 2. The Morgan fingerprint density at radius 3 is 2.74 bits per heavy atom. The maximum Gasteiger partial charge on any atom is 0.378 e. The van der Waals surface area contributed by atoms with Crippen molar-refractivity contribution in [2.75, 3.05) is 6.54 Å². The molecule has 2 amide bonds. The minimum absolute atomic E-state index is 0.0354. The molecule has 2 saturated carbocycles. The molecule has 0 radical (unpaired) electrons. The minimum Gasteiger partial charge on any atom is -0.477 e. The first-order valence-electron chi connectivity index (χ1n) is 11.0. The third-order valence-corrected chi connectivity index (χ3v) is 6.37. The van der Waals surface area contributed by atoms with Gasteiger partial charge in [-0.2, -0.15) is 4.57 Å². The van der Waals surface area contributed by atoms with Crippen LogP contribution in [0.2, 0.25) is 0 Å². The van der Waals surface area contributed by atoms with Crippen molar-refractivity contribution in [3.8, 4) is 5.88 Å². The Morgan fingerprint density at radius 2 is 2.13 bits per heavy atom. The summed E-state index contributed by atoms with van der Waals surface area (Å²) in [7, 11) is 0. The van der Waals surface area contributed by atoms with Crippen LogP contribution in [-0.2, 0) is 11.3 Å². The van der Waals surface area contributed by atoms with E-state index in [2.05, 4.69) is 10.4 Å². The fourth-order valence-electron chi connectivity index (χ4n) is 4.53. The van der Waals surface area contributed by atoms with Crippen molar-refractivity contribution < 1.29 is 19.3 Å². The number of aromatic hydroxyl groups is 1. The Morgan fingerprint density at radius 1 is 1.35 bits per heavy atom. The number of aromatic nitrogens is 3. The maximum atomic E-state index is 13.0. The van der Waals surface area contributed by atoms with Crippen molar-refractivity contribution in [3.05, 3.63) is 33.8 Å². The summed E-state index contributed by atoms with van der Waals surface area (Å²) in [6, 6.07) is 0.445. The largest absolute Gasteiger partial charge is 0.477 e. The number of aromatic amines is 1. The van der Waals surface area contributed by atoms with E-state index in [1.165, 1.54) is 10.6 Å². The van der Waals surface area contributed by atoms with Crippen molar-refractivity contribution in [2.45, 2.75) is 58.2 Å². The zero-order valence-electron chi connectivity index (χ0n) is 17.8. The summed E-state index contributed by atoms with van der Waals surface area (Å²) in [5, 5.41) is 16.6. The molecule has 0 bridgehead atoms. The van der Waals surface area contributed by atoms with E-state index >= 15 is 0 Å². The van der Waals surface area contributed by atoms with Crippen LogP contribution < -0.4 is 15.4 Å². The monoisotopic (exact) mass is 426 g/mol. The lowest BCUT2D eigenvalue weighted by Crippen LogP contribution is -2.46. The van der Waals surface area contributed by atoms with Gasteiger partial charge >= 0.3 is 17.1 Å². The standard InChI is InChI=1S/C22H27N5O4/c1-12(2)11-26-20-14(3-6-17(28)25-8-7-13-9-16(13)25)10-23-27(20)22(31)18(21(26)30)19(29)24-15-4-5-15/h3,6,10,12-13,15-16H,4-5,7-9,11H2,1-2H3,(H2,24,29,30,31)/p+1/b6-3+. The Bertz CT molecular complexity index is 1160. The number of nitrogens with one attached hydrogen (secondary N) is 2. The summed E-state index contributed by atoms with van der Waals surface area (Å²) in [6.07, 6.45) is 8.74. The molecule has 0 spiro atoms. The quantitative estimate of drug-likeness (QED) is 0.469. The number of piperidine rings is 1. The van der Waals surface area contributed by atoms with Gasteiger partial charge in [0, 0.05) is 24.7 Å². The van der Waals surface area contributed by atoms with Gasteiger partial charge in [0.1, 0.15) is 0 Å². The number of rotatable bonds is 6. The van der Waals surface area contributed by atoms with E-state index in [9.17, 15) is 19.5 Å². The molecule has 164 valence electrons. The molecule has 1 aliphatic heterocycles.